The maximum atomic E-state index is 12.8. The molecule has 1 fully saturated rings. The van der Waals surface area contributed by atoms with Crippen LogP contribution in [0.25, 0.3) is 11.0 Å². The lowest BCUT2D eigenvalue weighted by Gasteiger charge is -2.25. The normalized spacial score (nSPS) is 17.7. The van der Waals surface area contributed by atoms with Gasteiger partial charge < -0.3 is 13.9 Å². The fourth-order valence-corrected chi connectivity index (χ4v) is 3.61. The standard InChI is InChI=1S/C19H21N3O2/c1-14-20-8-10-21(14)12-16-5-4-9-22(16)19(23)11-15-13-24-18-7-3-2-6-17(15)18/h2-3,6-8,10,13,16H,4-5,9,11-12H2,1H3. The highest BCUT2D eigenvalue weighted by Gasteiger charge is 2.29. The van der Waals surface area contributed by atoms with Crippen LogP contribution >= 0.6 is 0 Å². The van der Waals surface area contributed by atoms with Crippen molar-refractivity contribution in [2.24, 2.45) is 0 Å². The molecule has 0 bridgehead atoms. The Kier molecular flexibility index (Phi) is 3.84. The number of fused-ring (bicyclic) bond motifs is 1. The maximum absolute atomic E-state index is 12.8. The highest BCUT2D eigenvalue weighted by molar-refractivity contribution is 5.87. The number of benzene rings is 1. The Morgan fingerprint density at radius 2 is 2.25 bits per heavy atom. The summed E-state index contributed by atoms with van der Waals surface area (Å²) in [5.74, 6) is 1.18. The van der Waals surface area contributed by atoms with E-state index in [1.54, 1.807) is 6.26 Å². The molecule has 124 valence electrons. The van der Waals surface area contributed by atoms with E-state index in [1.807, 2.05) is 48.5 Å². The van der Waals surface area contributed by atoms with Gasteiger partial charge in [0, 0.05) is 42.5 Å². The van der Waals surface area contributed by atoms with Crippen molar-refractivity contribution < 1.29 is 9.21 Å². The van der Waals surface area contributed by atoms with Crippen molar-refractivity contribution in [3.05, 3.63) is 54.3 Å². The highest BCUT2D eigenvalue weighted by Crippen LogP contribution is 2.24. The van der Waals surface area contributed by atoms with Crippen molar-refractivity contribution in [1.82, 2.24) is 14.5 Å². The average Bonchev–Trinajstić information content (AvgIpc) is 3.30. The van der Waals surface area contributed by atoms with Gasteiger partial charge in [0.1, 0.15) is 11.4 Å². The first-order valence-electron chi connectivity index (χ1n) is 8.44. The number of amides is 1. The van der Waals surface area contributed by atoms with Crippen molar-refractivity contribution in [3.8, 4) is 0 Å². The molecule has 0 saturated carbocycles. The first kappa shape index (κ1) is 15.0. The molecule has 4 rings (SSSR count). The predicted octanol–water partition coefficient (Wildman–Crippen LogP) is 3.17. The zero-order chi connectivity index (χ0) is 16.5. The van der Waals surface area contributed by atoms with E-state index in [2.05, 4.69) is 9.55 Å². The summed E-state index contributed by atoms with van der Waals surface area (Å²) < 4.78 is 7.69. The molecule has 24 heavy (non-hydrogen) atoms. The number of rotatable bonds is 4. The lowest BCUT2D eigenvalue weighted by atomic mass is 10.1. The number of nitrogens with zero attached hydrogens (tertiary/aromatic N) is 3. The fourth-order valence-electron chi connectivity index (χ4n) is 3.61. The first-order valence-corrected chi connectivity index (χ1v) is 8.44. The van der Waals surface area contributed by atoms with Gasteiger partial charge in [-0.3, -0.25) is 4.79 Å². The van der Waals surface area contributed by atoms with E-state index in [-0.39, 0.29) is 11.9 Å². The lowest BCUT2D eigenvalue weighted by molar-refractivity contribution is -0.131. The van der Waals surface area contributed by atoms with E-state index in [0.29, 0.717) is 6.42 Å². The van der Waals surface area contributed by atoms with Gasteiger partial charge in [0.05, 0.1) is 12.7 Å². The molecule has 1 amide bonds. The molecule has 0 radical (unpaired) electrons. The Morgan fingerprint density at radius 1 is 1.38 bits per heavy atom. The second kappa shape index (κ2) is 6.15. The van der Waals surface area contributed by atoms with Crippen LogP contribution < -0.4 is 0 Å². The van der Waals surface area contributed by atoms with Gasteiger partial charge in [0.2, 0.25) is 5.91 Å². The van der Waals surface area contributed by atoms with Crippen molar-refractivity contribution in [3.63, 3.8) is 0 Å². The molecule has 0 spiro atoms. The van der Waals surface area contributed by atoms with Crippen LogP contribution in [0, 0.1) is 6.92 Å². The molecule has 5 heteroatoms. The summed E-state index contributed by atoms with van der Waals surface area (Å²) in [4.78, 5) is 19.1. The number of para-hydroxylation sites is 1. The zero-order valence-corrected chi connectivity index (χ0v) is 13.8. The molecule has 0 N–H and O–H groups in total. The summed E-state index contributed by atoms with van der Waals surface area (Å²) >= 11 is 0. The summed E-state index contributed by atoms with van der Waals surface area (Å²) in [7, 11) is 0. The predicted molar refractivity (Wildman–Crippen MR) is 91.6 cm³/mol. The van der Waals surface area contributed by atoms with Crippen LogP contribution in [0.1, 0.15) is 24.2 Å². The van der Waals surface area contributed by atoms with Crippen LogP contribution in [0.15, 0.2) is 47.3 Å². The number of hydrogen-bond acceptors (Lipinski definition) is 3. The first-order chi connectivity index (χ1) is 11.7. The van der Waals surface area contributed by atoms with Crippen LogP contribution in [0.5, 0.6) is 0 Å². The number of aromatic nitrogens is 2. The third-order valence-electron chi connectivity index (χ3n) is 4.93. The van der Waals surface area contributed by atoms with Crippen LogP contribution in [0.2, 0.25) is 0 Å². The van der Waals surface area contributed by atoms with Crippen LogP contribution in [-0.2, 0) is 17.8 Å². The van der Waals surface area contributed by atoms with Crippen molar-refractivity contribution in [1.29, 1.82) is 0 Å². The topological polar surface area (TPSA) is 51.3 Å². The smallest absolute Gasteiger partial charge is 0.227 e. The SMILES string of the molecule is Cc1nccn1CC1CCCN1C(=O)Cc1coc2ccccc12. The van der Waals surface area contributed by atoms with E-state index in [4.69, 9.17) is 4.42 Å². The fraction of sp³-hybridized carbons (Fsp3) is 0.368. The molecule has 1 saturated heterocycles. The molecule has 1 aromatic carbocycles. The Morgan fingerprint density at radius 3 is 3.08 bits per heavy atom. The Labute approximate surface area is 140 Å². The molecule has 2 aromatic heterocycles. The third-order valence-corrected chi connectivity index (χ3v) is 4.93. The van der Waals surface area contributed by atoms with Gasteiger partial charge in [-0.05, 0) is 25.8 Å². The van der Waals surface area contributed by atoms with Gasteiger partial charge in [-0.15, -0.1) is 0 Å². The van der Waals surface area contributed by atoms with Crippen molar-refractivity contribution in [2.45, 2.75) is 38.8 Å². The van der Waals surface area contributed by atoms with Crippen LogP contribution in [-0.4, -0.2) is 32.9 Å². The van der Waals surface area contributed by atoms with Crippen LogP contribution in [0.4, 0.5) is 0 Å². The second-order valence-corrected chi connectivity index (χ2v) is 6.44. The largest absolute Gasteiger partial charge is 0.464 e. The molecule has 1 unspecified atom stereocenters. The minimum absolute atomic E-state index is 0.182. The minimum atomic E-state index is 0.182. The third kappa shape index (κ3) is 2.70. The Balaban J connectivity index is 1.50. The van der Waals surface area contributed by atoms with Crippen molar-refractivity contribution >= 4 is 16.9 Å². The molecule has 1 aliphatic rings. The molecule has 1 aliphatic heterocycles. The van der Waals surface area contributed by atoms with Gasteiger partial charge in [0.15, 0.2) is 0 Å². The summed E-state index contributed by atoms with van der Waals surface area (Å²) in [5.41, 5.74) is 1.81. The Bertz CT molecular complexity index is 864. The number of carbonyl (C=O) groups is 1. The van der Waals surface area contributed by atoms with E-state index in [1.165, 1.54) is 0 Å². The number of carbonyl (C=O) groups excluding carboxylic acids is 1. The average molecular weight is 323 g/mol. The molecular weight excluding hydrogens is 302 g/mol. The number of aryl methyl sites for hydroxylation is 1. The molecule has 3 aromatic rings. The van der Waals surface area contributed by atoms with Gasteiger partial charge in [-0.25, -0.2) is 4.98 Å². The number of furan rings is 1. The van der Waals surface area contributed by atoms with E-state index < -0.39 is 0 Å². The second-order valence-electron chi connectivity index (χ2n) is 6.44. The van der Waals surface area contributed by atoms with Gasteiger partial charge >= 0.3 is 0 Å². The van der Waals surface area contributed by atoms with E-state index >= 15 is 0 Å². The monoisotopic (exact) mass is 323 g/mol. The van der Waals surface area contributed by atoms with Gasteiger partial charge in [0.25, 0.3) is 0 Å². The minimum Gasteiger partial charge on any atom is -0.464 e. The lowest BCUT2D eigenvalue weighted by Crippen LogP contribution is -2.39. The van der Waals surface area contributed by atoms with Gasteiger partial charge in [-0.1, -0.05) is 18.2 Å². The molecule has 3 heterocycles. The molecule has 1 atom stereocenters. The summed E-state index contributed by atoms with van der Waals surface area (Å²) in [6, 6.07) is 8.12. The zero-order valence-electron chi connectivity index (χ0n) is 13.8. The van der Waals surface area contributed by atoms with Crippen LogP contribution in [0.3, 0.4) is 0 Å². The molecule has 0 aliphatic carbocycles. The quantitative estimate of drug-likeness (QED) is 0.741. The maximum Gasteiger partial charge on any atom is 0.227 e. The Hall–Kier alpha value is -2.56. The van der Waals surface area contributed by atoms with Gasteiger partial charge in [-0.2, -0.15) is 0 Å². The molecule has 5 nitrogen and oxygen atoms in total. The highest BCUT2D eigenvalue weighted by atomic mass is 16.3. The number of likely N-dealkylation sites (tertiary alicyclic amines) is 1. The van der Waals surface area contributed by atoms with Crippen molar-refractivity contribution in [2.75, 3.05) is 6.54 Å². The summed E-state index contributed by atoms with van der Waals surface area (Å²) in [5, 5.41) is 1.03. The van der Waals surface area contributed by atoms with E-state index in [9.17, 15) is 4.79 Å². The summed E-state index contributed by atoms with van der Waals surface area (Å²) in [6.07, 6.45) is 8.03. The molecular formula is C19H21N3O2. The number of imidazole rings is 1. The number of hydrogen-bond donors (Lipinski definition) is 0. The van der Waals surface area contributed by atoms with E-state index in [0.717, 1.165) is 48.3 Å². The summed E-state index contributed by atoms with van der Waals surface area (Å²) in [6.45, 7) is 3.66.